The molecule has 0 bridgehead atoms. The smallest absolute Gasteiger partial charge is 0.261 e. The highest BCUT2D eigenvalue weighted by Crippen LogP contribution is 2.33. The predicted molar refractivity (Wildman–Crippen MR) is 122 cm³/mol. The molecule has 0 atom stereocenters. The van der Waals surface area contributed by atoms with Gasteiger partial charge in [-0.1, -0.05) is 24.3 Å². The number of aromatic nitrogens is 1. The summed E-state index contributed by atoms with van der Waals surface area (Å²) in [4.78, 5) is 17.5. The van der Waals surface area contributed by atoms with Gasteiger partial charge in [0.2, 0.25) is 0 Å². The number of thiazole rings is 1. The lowest BCUT2D eigenvalue weighted by Gasteiger charge is -2.10. The third-order valence-electron chi connectivity index (χ3n) is 5.02. The zero-order valence-electron chi connectivity index (χ0n) is 16.8. The normalized spacial score (nSPS) is 11.0. The third kappa shape index (κ3) is 3.60. The van der Waals surface area contributed by atoms with Crippen LogP contribution in [0.15, 0.2) is 70.5 Å². The molecule has 2 aromatic heterocycles. The Morgan fingerprint density at radius 2 is 1.77 bits per heavy atom. The second-order valence-corrected chi connectivity index (χ2v) is 7.76. The molecule has 0 unspecified atom stereocenters. The Labute approximate surface area is 182 Å². The van der Waals surface area contributed by atoms with E-state index < -0.39 is 0 Å². The predicted octanol–water partition coefficient (Wildman–Crippen LogP) is 5.98. The van der Waals surface area contributed by atoms with Crippen molar-refractivity contribution in [3.8, 4) is 23.0 Å². The number of methoxy groups -OCH3 is 2. The Morgan fingerprint density at radius 1 is 0.968 bits per heavy atom. The summed E-state index contributed by atoms with van der Waals surface area (Å²) in [5.41, 5.74) is 1.82. The number of amides is 1. The van der Waals surface area contributed by atoms with E-state index in [0.717, 1.165) is 21.9 Å². The number of anilines is 1. The van der Waals surface area contributed by atoms with Gasteiger partial charge in [0.1, 0.15) is 22.8 Å². The zero-order valence-corrected chi connectivity index (χ0v) is 17.7. The molecule has 0 fully saturated rings. The van der Waals surface area contributed by atoms with Gasteiger partial charge in [-0.15, -0.1) is 11.3 Å². The van der Waals surface area contributed by atoms with Gasteiger partial charge in [-0.05, 0) is 41.1 Å². The number of rotatable bonds is 5. The molecule has 6 nitrogen and oxygen atoms in total. The average molecular weight is 430 g/mol. The van der Waals surface area contributed by atoms with E-state index in [2.05, 4.69) is 10.3 Å². The first-order valence-corrected chi connectivity index (χ1v) is 10.4. The first-order valence-electron chi connectivity index (χ1n) is 9.56. The number of carbonyl (C=O) groups excluding carboxylic acids is 1. The molecule has 7 heteroatoms. The fourth-order valence-electron chi connectivity index (χ4n) is 3.44. The van der Waals surface area contributed by atoms with Crippen LogP contribution in [0.2, 0.25) is 0 Å². The molecule has 0 aliphatic carbocycles. The fraction of sp³-hybridized carbons (Fsp3) is 0.0833. The summed E-state index contributed by atoms with van der Waals surface area (Å²) in [6.45, 7) is 0. The lowest BCUT2D eigenvalue weighted by Crippen LogP contribution is -2.13. The zero-order chi connectivity index (χ0) is 21.4. The van der Waals surface area contributed by atoms with Gasteiger partial charge in [-0.25, -0.2) is 4.98 Å². The van der Waals surface area contributed by atoms with Crippen LogP contribution in [0.3, 0.4) is 0 Å². The summed E-state index contributed by atoms with van der Waals surface area (Å²) in [7, 11) is 3.17. The maximum Gasteiger partial charge on any atom is 0.261 e. The first-order chi connectivity index (χ1) is 15.1. The summed E-state index contributed by atoms with van der Waals surface area (Å²) in [6.07, 6.45) is 0. The molecule has 5 rings (SSSR count). The van der Waals surface area contributed by atoms with Crippen molar-refractivity contribution in [1.82, 2.24) is 4.98 Å². The van der Waals surface area contributed by atoms with E-state index >= 15 is 0 Å². The monoisotopic (exact) mass is 430 g/mol. The lowest BCUT2D eigenvalue weighted by molar-refractivity contribution is 0.102. The van der Waals surface area contributed by atoms with Gasteiger partial charge in [0.15, 0.2) is 10.9 Å². The number of nitrogens with one attached hydrogen (secondary N) is 1. The second-order valence-electron chi connectivity index (χ2n) is 6.91. The van der Waals surface area contributed by atoms with Crippen LogP contribution in [0.25, 0.3) is 33.2 Å². The van der Waals surface area contributed by atoms with Crippen LogP contribution >= 0.6 is 11.3 Å². The Balaban J connectivity index is 1.42. The number of ether oxygens (including phenoxy) is 2. The fourth-order valence-corrected chi connectivity index (χ4v) is 4.13. The number of hydrogen-bond donors (Lipinski definition) is 1. The Bertz CT molecular complexity index is 1420. The van der Waals surface area contributed by atoms with E-state index in [4.69, 9.17) is 13.9 Å². The number of nitrogens with zero attached hydrogens (tertiary/aromatic N) is 1. The molecule has 31 heavy (non-hydrogen) atoms. The van der Waals surface area contributed by atoms with Gasteiger partial charge in [-0.2, -0.15) is 0 Å². The van der Waals surface area contributed by atoms with Gasteiger partial charge in [-0.3, -0.25) is 10.1 Å². The summed E-state index contributed by atoms with van der Waals surface area (Å²) in [5.74, 6) is 1.59. The molecule has 154 valence electrons. The largest absolute Gasteiger partial charge is 0.497 e. The molecule has 0 aliphatic heterocycles. The molecular formula is C24H18N2O4S. The van der Waals surface area contributed by atoms with Gasteiger partial charge in [0.05, 0.1) is 19.8 Å². The van der Waals surface area contributed by atoms with Crippen molar-refractivity contribution in [1.29, 1.82) is 0 Å². The van der Waals surface area contributed by atoms with Gasteiger partial charge in [0.25, 0.3) is 5.91 Å². The van der Waals surface area contributed by atoms with Crippen LogP contribution in [-0.4, -0.2) is 25.1 Å². The summed E-state index contributed by atoms with van der Waals surface area (Å²) in [6, 6.07) is 19.1. The summed E-state index contributed by atoms with van der Waals surface area (Å²) < 4.78 is 16.6. The average Bonchev–Trinajstić information content (AvgIpc) is 3.44. The standard InChI is InChI=1S/C24H18N2O4S/c1-28-17-8-7-16-11-22(30-20(16)12-17)19-13-31-24(25-19)26-23(27)18-9-14-5-3-4-6-15(14)10-21(18)29-2/h3-13H,1-2H3,(H,25,26,27). The maximum absolute atomic E-state index is 12.9. The van der Waals surface area contributed by atoms with E-state index in [9.17, 15) is 4.79 Å². The van der Waals surface area contributed by atoms with Crippen molar-refractivity contribution >= 4 is 44.1 Å². The molecule has 0 aliphatic rings. The second kappa shape index (κ2) is 7.77. The SMILES string of the molecule is COc1ccc2cc(-c3csc(NC(=O)c4cc5ccccc5cc4OC)n3)oc2c1. The minimum atomic E-state index is -0.280. The topological polar surface area (TPSA) is 73.6 Å². The van der Waals surface area contributed by atoms with Crippen LogP contribution in [-0.2, 0) is 0 Å². The Kier molecular flexibility index (Phi) is 4.80. The molecule has 0 saturated carbocycles. The van der Waals surface area contributed by atoms with Crippen LogP contribution in [0.1, 0.15) is 10.4 Å². The summed E-state index contributed by atoms with van der Waals surface area (Å²) >= 11 is 1.33. The van der Waals surface area contributed by atoms with E-state index in [0.29, 0.717) is 33.5 Å². The molecule has 0 saturated heterocycles. The van der Waals surface area contributed by atoms with Gasteiger partial charge >= 0.3 is 0 Å². The molecule has 1 amide bonds. The first kappa shape index (κ1) is 19.1. The van der Waals surface area contributed by atoms with Crippen molar-refractivity contribution in [2.75, 3.05) is 19.5 Å². The van der Waals surface area contributed by atoms with Crippen molar-refractivity contribution in [3.05, 3.63) is 71.6 Å². The van der Waals surface area contributed by atoms with Crippen LogP contribution < -0.4 is 14.8 Å². The molecular weight excluding hydrogens is 412 g/mol. The minimum absolute atomic E-state index is 0.280. The van der Waals surface area contributed by atoms with Crippen molar-refractivity contribution < 1.29 is 18.7 Å². The summed E-state index contributed by atoms with van der Waals surface area (Å²) in [5, 5.41) is 8.12. The molecule has 3 aromatic carbocycles. The Hall–Kier alpha value is -3.84. The Morgan fingerprint density at radius 3 is 2.55 bits per heavy atom. The highest BCUT2D eigenvalue weighted by molar-refractivity contribution is 7.14. The van der Waals surface area contributed by atoms with E-state index in [1.165, 1.54) is 11.3 Å². The van der Waals surface area contributed by atoms with E-state index in [-0.39, 0.29) is 5.91 Å². The van der Waals surface area contributed by atoms with Gasteiger partial charge in [0, 0.05) is 16.8 Å². The van der Waals surface area contributed by atoms with E-state index in [1.54, 1.807) is 14.2 Å². The quantitative estimate of drug-likeness (QED) is 0.371. The van der Waals surface area contributed by atoms with Crippen molar-refractivity contribution in [2.45, 2.75) is 0 Å². The third-order valence-corrected chi connectivity index (χ3v) is 5.77. The van der Waals surface area contributed by atoms with Crippen molar-refractivity contribution in [2.24, 2.45) is 0 Å². The van der Waals surface area contributed by atoms with Crippen LogP contribution in [0.4, 0.5) is 5.13 Å². The van der Waals surface area contributed by atoms with Gasteiger partial charge < -0.3 is 13.9 Å². The molecule has 1 N–H and O–H groups in total. The molecule has 0 spiro atoms. The minimum Gasteiger partial charge on any atom is -0.497 e. The number of furan rings is 1. The highest BCUT2D eigenvalue weighted by atomic mass is 32.1. The highest BCUT2D eigenvalue weighted by Gasteiger charge is 2.17. The maximum atomic E-state index is 12.9. The number of fused-ring (bicyclic) bond motifs is 2. The molecule has 5 aromatic rings. The number of benzene rings is 3. The van der Waals surface area contributed by atoms with Crippen molar-refractivity contribution in [3.63, 3.8) is 0 Å². The lowest BCUT2D eigenvalue weighted by atomic mass is 10.1. The number of carbonyl (C=O) groups is 1. The molecule has 0 radical (unpaired) electrons. The number of hydrogen-bond acceptors (Lipinski definition) is 6. The van der Waals surface area contributed by atoms with Crippen LogP contribution in [0, 0.1) is 0 Å². The van der Waals surface area contributed by atoms with E-state index in [1.807, 2.05) is 66.0 Å². The van der Waals surface area contributed by atoms with Crippen LogP contribution in [0.5, 0.6) is 11.5 Å². The molecule has 2 heterocycles.